The average molecular weight is 295 g/mol. The first-order chi connectivity index (χ1) is 9.95. The minimum atomic E-state index is -1.14. The number of carboxylic acids is 1. The van der Waals surface area contributed by atoms with E-state index < -0.39 is 29.8 Å². The second-order valence-electron chi connectivity index (χ2n) is 4.46. The van der Waals surface area contributed by atoms with Crippen LogP contribution in [-0.4, -0.2) is 29.1 Å². The molecule has 0 aromatic heterocycles. The van der Waals surface area contributed by atoms with Gasteiger partial charge in [-0.25, -0.2) is 9.18 Å². The highest BCUT2D eigenvalue weighted by atomic mass is 19.1. The van der Waals surface area contributed by atoms with E-state index in [-0.39, 0.29) is 12.2 Å². The Morgan fingerprint density at radius 2 is 2.14 bits per heavy atom. The molecule has 2 atom stereocenters. The van der Waals surface area contributed by atoms with Crippen molar-refractivity contribution < 1.29 is 23.8 Å². The van der Waals surface area contributed by atoms with Crippen LogP contribution in [-0.2, 0) is 9.59 Å². The van der Waals surface area contributed by atoms with Crippen LogP contribution < -0.4 is 10.1 Å². The topological polar surface area (TPSA) is 75.6 Å². The van der Waals surface area contributed by atoms with Crippen molar-refractivity contribution >= 4 is 11.9 Å². The van der Waals surface area contributed by atoms with Gasteiger partial charge in [0, 0.05) is 0 Å². The van der Waals surface area contributed by atoms with Gasteiger partial charge in [-0.3, -0.25) is 4.79 Å². The number of nitrogens with one attached hydrogen (secondary N) is 1. The number of carbonyl (C=O) groups is 2. The minimum absolute atomic E-state index is 0.0573. The van der Waals surface area contributed by atoms with Gasteiger partial charge in [0.1, 0.15) is 6.04 Å². The van der Waals surface area contributed by atoms with E-state index in [1.54, 1.807) is 12.1 Å². The molecule has 0 bridgehead atoms. The Morgan fingerprint density at radius 1 is 1.48 bits per heavy atom. The van der Waals surface area contributed by atoms with E-state index >= 15 is 0 Å². The first-order valence-electron chi connectivity index (χ1n) is 6.51. The molecule has 1 aromatic rings. The van der Waals surface area contributed by atoms with Gasteiger partial charge in [0.15, 0.2) is 17.7 Å². The van der Waals surface area contributed by atoms with Gasteiger partial charge >= 0.3 is 5.97 Å². The van der Waals surface area contributed by atoms with Crippen LogP contribution in [0.4, 0.5) is 4.39 Å². The van der Waals surface area contributed by atoms with Crippen molar-refractivity contribution in [3.63, 3.8) is 0 Å². The van der Waals surface area contributed by atoms with Gasteiger partial charge in [-0.15, -0.1) is 6.58 Å². The van der Waals surface area contributed by atoms with E-state index in [0.29, 0.717) is 6.42 Å². The minimum Gasteiger partial charge on any atom is -0.480 e. The zero-order valence-electron chi connectivity index (χ0n) is 11.7. The Hall–Kier alpha value is -2.37. The first-order valence-corrected chi connectivity index (χ1v) is 6.51. The van der Waals surface area contributed by atoms with Crippen LogP contribution >= 0.6 is 0 Å². The molecule has 1 aromatic carbocycles. The number of ether oxygens (including phenoxy) is 1. The normalized spacial score (nSPS) is 13.0. The summed E-state index contributed by atoms with van der Waals surface area (Å²) in [5.41, 5.74) is 0. The van der Waals surface area contributed by atoms with Gasteiger partial charge in [-0.1, -0.05) is 18.2 Å². The zero-order chi connectivity index (χ0) is 15.8. The number of para-hydroxylation sites is 1. The van der Waals surface area contributed by atoms with Gasteiger partial charge < -0.3 is 15.2 Å². The maximum Gasteiger partial charge on any atom is 0.326 e. The molecule has 0 radical (unpaired) electrons. The lowest BCUT2D eigenvalue weighted by Crippen LogP contribution is -2.46. The molecule has 0 aliphatic heterocycles. The summed E-state index contributed by atoms with van der Waals surface area (Å²) < 4.78 is 18.6. The number of amides is 1. The van der Waals surface area contributed by atoms with E-state index in [4.69, 9.17) is 9.84 Å². The zero-order valence-corrected chi connectivity index (χ0v) is 11.7. The van der Waals surface area contributed by atoms with Crippen LogP contribution in [0.5, 0.6) is 5.75 Å². The maximum atomic E-state index is 13.4. The molecule has 0 fully saturated rings. The molecule has 2 unspecified atom stereocenters. The summed E-state index contributed by atoms with van der Waals surface area (Å²) in [5.74, 6) is -2.39. The van der Waals surface area contributed by atoms with E-state index in [9.17, 15) is 14.0 Å². The molecular formula is C15H18FNO4. The molecule has 0 aliphatic rings. The summed E-state index contributed by atoms with van der Waals surface area (Å²) in [4.78, 5) is 22.9. The van der Waals surface area contributed by atoms with Gasteiger partial charge in [0.2, 0.25) is 0 Å². The lowest BCUT2D eigenvalue weighted by Gasteiger charge is -2.18. The molecule has 1 rings (SSSR count). The third kappa shape index (κ3) is 5.25. The molecule has 6 heteroatoms. The molecule has 0 saturated heterocycles. The number of carboxylic acid groups (broad SMARTS) is 1. The van der Waals surface area contributed by atoms with E-state index in [0.717, 1.165) is 0 Å². The predicted octanol–water partition coefficient (Wildman–Crippen LogP) is 2.13. The van der Waals surface area contributed by atoms with E-state index in [1.165, 1.54) is 25.1 Å². The number of halogens is 1. The molecule has 114 valence electrons. The number of rotatable bonds is 8. The number of hydrogen-bond acceptors (Lipinski definition) is 3. The molecule has 0 aliphatic carbocycles. The number of benzene rings is 1. The summed E-state index contributed by atoms with van der Waals surface area (Å²) in [5, 5.41) is 11.4. The Balaban J connectivity index is 2.63. The molecule has 0 heterocycles. The highest BCUT2D eigenvalue weighted by Crippen LogP contribution is 2.17. The van der Waals surface area contributed by atoms with Crippen molar-refractivity contribution in [3.8, 4) is 5.75 Å². The SMILES string of the molecule is C=CCCC(NC(=O)C(C)Oc1ccccc1F)C(=O)O. The smallest absolute Gasteiger partial charge is 0.326 e. The average Bonchev–Trinajstić information content (AvgIpc) is 2.45. The van der Waals surface area contributed by atoms with Crippen LogP contribution in [0.2, 0.25) is 0 Å². The molecule has 1 amide bonds. The predicted molar refractivity (Wildman–Crippen MR) is 75.5 cm³/mol. The first kappa shape index (κ1) is 16.7. The van der Waals surface area contributed by atoms with Gasteiger partial charge in [0.25, 0.3) is 5.91 Å². The lowest BCUT2D eigenvalue weighted by molar-refractivity contribution is -0.143. The standard InChI is InChI=1S/C15H18FNO4/c1-3-4-8-12(15(19)20)17-14(18)10(2)21-13-9-6-5-7-11(13)16/h3,5-7,9-10,12H,1,4,8H2,2H3,(H,17,18)(H,19,20). The number of carbonyl (C=O) groups excluding carboxylic acids is 1. The third-order valence-electron chi connectivity index (χ3n) is 2.78. The summed E-state index contributed by atoms with van der Waals surface area (Å²) >= 11 is 0. The second kappa shape index (κ2) is 8.04. The Morgan fingerprint density at radius 3 is 2.71 bits per heavy atom. The number of allylic oxidation sites excluding steroid dienone is 1. The molecule has 0 spiro atoms. The van der Waals surface area contributed by atoms with Crippen LogP contribution in [0.25, 0.3) is 0 Å². The lowest BCUT2D eigenvalue weighted by atomic mass is 10.1. The summed E-state index contributed by atoms with van der Waals surface area (Å²) in [6.07, 6.45) is 1.26. The van der Waals surface area contributed by atoms with Crippen LogP contribution in [0.1, 0.15) is 19.8 Å². The van der Waals surface area contributed by atoms with Gasteiger partial charge in [0.05, 0.1) is 0 Å². The van der Waals surface area contributed by atoms with Gasteiger partial charge in [-0.2, -0.15) is 0 Å². The highest BCUT2D eigenvalue weighted by Gasteiger charge is 2.23. The highest BCUT2D eigenvalue weighted by molar-refractivity contribution is 5.86. The molecule has 21 heavy (non-hydrogen) atoms. The molecule has 2 N–H and O–H groups in total. The van der Waals surface area contributed by atoms with Crippen LogP contribution in [0.3, 0.4) is 0 Å². The largest absolute Gasteiger partial charge is 0.480 e. The van der Waals surface area contributed by atoms with Crippen molar-refractivity contribution in [1.29, 1.82) is 0 Å². The van der Waals surface area contributed by atoms with Crippen molar-refractivity contribution in [2.45, 2.75) is 31.9 Å². The molecule has 5 nitrogen and oxygen atoms in total. The fourth-order valence-electron chi connectivity index (χ4n) is 1.62. The Kier molecular flexibility index (Phi) is 6.39. The van der Waals surface area contributed by atoms with Crippen LogP contribution in [0, 0.1) is 5.82 Å². The summed E-state index contributed by atoms with van der Waals surface area (Å²) in [6, 6.07) is 4.66. The summed E-state index contributed by atoms with van der Waals surface area (Å²) in [6.45, 7) is 4.92. The number of aliphatic carboxylic acids is 1. The Bertz CT molecular complexity index is 518. The van der Waals surface area contributed by atoms with Gasteiger partial charge in [-0.05, 0) is 31.9 Å². The molecule has 0 saturated carbocycles. The van der Waals surface area contributed by atoms with Crippen molar-refractivity contribution in [1.82, 2.24) is 5.32 Å². The fraction of sp³-hybridized carbons (Fsp3) is 0.333. The van der Waals surface area contributed by atoms with E-state index in [1.807, 2.05) is 0 Å². The van der Waals surface area contributed by atoms with Crippen molar-refractivity contribution in [2.75, 3.05) is 0 Å². The molecular weight excluding hydrogens is 277 g/mol. The van der Waals surface area contributed by atoms with Crippen molar-refractivity contribution in [3.05, 3.63) is 42.7 Å². The maximum absolute atomic E-state index is 13.4. The van der Waals surface area contributed by atoms with Crippen molar-refractivity contribution in [2.24, 2.45) is 0 Å². The van der Waals surface area contributed by atoms with E-state index in [2.05, 4.69) is 11.9 Å². The second-order valence-corrected chi connectivity index (χ2v) is 4.46. The quantitative estimate of drug-likeness (QED) is 0.720. The fourth-order valence-corrected chi connectivity index (χ4v) is 1.62. The third-order valence-corrected chi connectivity index (χ3v) is 2.78. The van der Waals surface area contributed by atoms with Crippen LogP contribution in [0.15, 0.2) is 36.9 Å². The monoisotopic (exact) mass is 295 g/mol. The Labute approximate surface area is 122 Å². The summed E-state index contributed by atoms with van der Waals surface area (Å²) in [7, 11) is 0. The number of hydrogen-bond donors (Lipinski definition) is 2.